The minimum absolute atomic E-state index is 0.0323. The smallest absolute Gasteiger partial charge is 0.248 e. The minimum atomic E-state index is -0.0996. The Labute approximate surface area is 166 Å². The normalized spacial score (nSPS) is 19.6. The number of ether oxygens (including phenoxy) is 6. The van der Waals surface area contributed by atoms with Crippen LogP contribution in [0.2, 0.25) is 0 Å². The van der Waals surface area contributed by atoms with Crippen LogP contribution < -0.4 is 0 Å². The average Bonchev–Trinajstić information content (AvgIpc) is 2.68. The van der Waals surface area contributed by atoms with Crippen LogP contribution in [0, 0.1) is 0 Å². The van der Waals surface area contributed by atoms with E-state index in [1.54, 1.807) is 9.80 Å². The number of amides is 2. The van der Waals surface area contributed by atoms with E-state index in [0.29, 0.717) is 79.0 Å². The first-order valence-corrected chi connectivity index (χ1v) is 9.53. The second kappa shape index (κ2) is 16.6. The van der Waals surface area contributed by atoms with Crippen LogP contribution in [0.1, 0.15) is 0 Å². The lowest BCUT2D eigenvalue weighted by atomic mass is 10.4. The van der Waals surface area contributed by atoms with Crippen molar-refractivity contribution >= 4 is 11.8 Å². The Morgan fingerprint density at radius 1 is 0.607 bits per heavy atom. The molecule has 0 radical (unpaired) electrons. The summed E-state index contributed by atoms with van der Waals surface area (Å²) in [6.07, 6.45) is 0. The average molecular weight is 406 g/mol. The van der Waals surface area contributed by atoms with E-state index in [-0.39, 0.29) is 25.0 Å². The molecule has 2 amide bonds. The summed E-state index contributed by atoms with van der Waals surface area (Å²) in [6.45, 7) is 5.17. The predicted octanol–water partition coefficient (Wildman–Crippen LogP) is -0.984. The van der Waals surface area contributed by atoms with E-state index in [2.05, 4.69) is 0 Å². The zero-order chi connectivity index (χ0) is 20.5. The first kappa shape index (κ1) is 24.7. The lowest BCUT2D eigenvalue weighted by molar-refractivity contribution is -0.138. The van der Waals surface area contributed by atoms with Gasteiger partial charge < -0.3 is 38.2 Å². The van der Waals surface area contributed by atoms with Gasteiger partial charge in [-0.25, -0.2) is 0 Å². The summed E-state index contributed by atoms with van der Waals surface area (Å²) < 4.78 is 31.9. The number of hydrogen-bond donors (Lipinski definition) is 0. The quantitative estimate of drug-likeness (QED) is 0.588. The summed E-state index contributed by atoms with van der Waals surface area (Å²) in [5, 5.41) is 0. The number of carbonyl (C=O) groups excluding carboxylic acids is 2. The molecule has 1 rings (SSSR count). The van der Waals surface area contributed by atoms with Crippen molar-refractivity contribution in [2.75, 3.05) is 106 Å². The molecule has 0 aliphatic carbocycles. The van der Waals surface area contributed by atoms with Gasteiger partial charge in [0.1, 0.15) is 13.2 Å². The molecule has 0 aromatic carbocycles. The third-order valence-corrected chi connectivity index (χ3v) is 4.01. The molecule has 10 nitrogen and oxygen atoms in total. The molecule has 1 aliphatic heterocycles. The lowest BCUT2D eigenvalue weighted by Crippen LogP contribution is -2.39. The third kappa shape index (κ3) is 11.5. The Kier molecular flexibility index (Phi) is 14.7. The van der Waals surface area contributed by atoms with Crippen LogP contribution in [0.5, 0.6) is 0 Å². The summed E-state index contributed by atoms with van der Waals surface area (Å²) in [7, 11) is 2.98. The van der Waals surface area contributed by atoms with E-state index in [4.69, 9.17) is 28.4 Å². The maximum absolute atomic E-state index is 12.1. The SMILES string of the molecule is COCC(=O)N1CCOCCOCCN(C(=O)COC)CCOCCOCC1. The summed E-state index contributed by atoms with van der Waals surface area (Å²) in [5.41, 5.74) is 0. The molecule has 28 heavy (non-hydrogen) atoms. The molecule has 0 N–H and O–H groups in total. The maximum Gasteiger partial charge on any atom is 0.248 e. The second-order valence-corrected chi connectivity index (χ2v) is 6.08. The molecule has 1 heterocycles. The largest absolute Gasteiger partial charge is 0.377 e. The van der Waals surface area contributed by atoms with Gasteiger partial charge in [0, 0.05) is 40.4 Å². The van der Waals surface area contributed by atoms with Gasteiger partial charge in [0.05, 0.1) is 52.9 Å². The van der Waals surface area contributed by atoms with Gasteiger partial charge in [0.25, 0.3) is 0 Å². The van der Waals surface area contributed by atoms with Gasteiger partial charge in [0.15, 0.2) is 0 Å². The number of hydrogen-bond acceptors (Lipinski definition) is 8. The molecule has 10 heteroatoms. The maximum atomic E-state index is 12.1. The summed E-state index contributed by atoms with van der Waals surface area (Å²) in [4.78, 5) is 27.4. The summed E-state index contributed by atoms with van der Waals surface area (Å²) >= 11 is 0. The first-order chi connectivity index (χ1) is 13.7. The fourth-order valence-corrected chi connectivity index (χ4v) is 2.49. The van der Waals surface area contributed by atoms with Crippen molar-refractivity contribution in [3.8, 4) is 0 Å². The molecule has 164 valence electrons. The Bertz CT molecular complexity index is 366. The molecule has 0 aromatic heterocycles. The monoisotopic (exact) mass is 406 g/mol. The van der Waals surface area contributed by atoms with Crippen molar-refractivity contribution in [3.05, 3.63) is 0 Å². The second-order valence-electron chi connectivity index (χ2n) is 6.08. The number of nitrogens with zero attached hydrogens (tertiary/aromatic N) is 2. The molecule has 1 aliphatic rings. The third-order valence-electron chi connectivity index (χ3n) is 4.01. The van der Waals surface area contributed by atoms with Crippen LogP contribution in [-0.4, -0.2) is 128 Å². The molecule has 0 aromatic rings. The van der Waals surface area contributed by atoms with Gasteiger partial charge in [-0.05, 0) is 0 Å². The molecule has 0 unspecified atom stereocenters. The minimum Gasteiger partial charge on any atom is -0.377 e. The number of rotatable bonds is 4. The van der Waals surface area contributed by atoms with Crippen molar-refractivity contribution in [3.63, 3.8) is 0 Å². The molecule has 0 atom stereocenters. The lowest BCUT2D eigenvalue weighted by Gasteiger charge is -2.23. The van der Waals surface area contributed by atoms with Crippen molar-refractivity contribution in [1.82, 2.24) is 9.80 Å². The van der Waals surface area contributed by atoms with Gasteiger partial charge in [-0.15, -0.1) is 0 Å². The Morgan fingerprint density at radius 3 is 1.14 bits per heavy atom. The highest BCUT2D eigenvalue weighted by Gasteiger charge is 2.14. The molecule has 0 saturated carbocycles. The van der Waals surface area contributed by atoms with Crippen LogP contribution >= 0.6 is 0 Å². The summed E-state index contributed by atoms with van der Waals surface area (Å²) in [6, 6.07) is 0. The highest BCUT2D eigenvalue weighted by Crippen LogP contribution is 1.96. The molecule has 0 spiro atoms. The fourth-order valence-electron chi connectivity index (χ4n) is 2.49. The number of carbonyl (C=O) groups is 2. The van der Waals surface area contributed by atoms with Crippen LogP contribution in [0.4, 0.5) is 0 Å². The topological polar surface area (TPSA) is 96.0 Å². The molecular formula is C18H34N2O8. The van der Waals surface area contributed by atoms with Crippen molar-refractivity contribution in [2.24, 2.45) is 0 Å². The molecule has 1 saturated heterocycles. The number of methoxy groups -OCH3 is 2. The van der Waals surface area contributed by atoms with Gasteiger partial charge in [0.2, 0.25) is 11.8 Å². The van der Waals surface area contributed by atoms with Gasteiger partial charge in [-0.1, -0.05) is 0 Å². The highest BCUT2D eigenvalue weighted by atomic mass is 16.5. The van der Waals surface area contributed by atoms with E-state index >= 15 is 0 Å². The zero-order valence-corrected chi connectivity index (χ0v) is 17.1. The van der Waals surface area contributed by atoms with Gasteiger partial charge in [-0.2, -0.15) is 0 Å². The molecular weight excluding hydrogens is 372 g/mol. The van der Waals surface area contributed by atoms with Crippen LogP contribution in [-0.2, 0) is 38.0 Å². The fraction of sp³-hybridized carbons (Fsp3) is 0.889. The van der Waals surface area contributed by atoms with Gasteiger partial charge >= 0.3 is 0 Å². The standard InChI is InChI=1S/C18H34N2O8/c1-23-15-17(21)19-3-7-25-11-13-27-9-5-20(18(22)16-24-2)6-10-28-14-12-26-8-4-19/h3-16H2,1-2H3. The van der Waals surface area contributed by atoms with E-state index < -0.39 is 0 Å². The first-order valence-electron chi connectivity index (χ1n) is 9.53. The predicted molar refractivity (Wildman–Crippen MR) is 100 cm³/mol. The molecule has 0 bridgehead atoms. The van der Waals surface area contributed by atoms with Crippen molar-refractivity contribution < 1.29 is 38.0 Å². The van der Waals surface area contributed by atoms with Crippen molar-refractivity contribution in [1.29, 1.82) is 0 Å². The van der Waals surface area contributed by atoms with Crippen LogP contribution in [0.25, 0.3) is 0 Å². The Balaban J connectivity index is 2.45. The van der Waals surface area contributed by atoms with E-state index in [9.17, 15) is 9.59 Å². The zero-order valence-electron chi connectivity index (χ0n) is 17.1. The van der Waals surface area contributed by atoms with Crippen LogP contribution in [0.15, 0.2) is 0 Å². The van der Waals surface area contributed by atoms with Crippen LogP contribution in [0.3, 0.4) is 0 Å². The highest BCUT2D eigenvalue weighted by molar-refractivity contribution is 5.77. The Morgan fingerprint density at radius 2 is 0.893 bits per heavy atom. The van der Waals surface area contributed by atoms with Gasteiger partial charge in [-0.3, -0.25) is 9.59 Å². The Hall–Kier alpha value is -1.30. The summed E-state index contributed by atoms with van der Waals surface area (Å²) in [5.74, 6) is -0.199. The van der Waals surface area contributed by atoms with E-state index in [1.165, 1.54) is 14.2 Å². The van der Waals surface area contributed by atoms with E-state index in [1.807, 2.05) is 0 Å². The van der Waals surface area contributed by atoms with Crippen molar-refractivity contribution in [2.45, 2.75) is 0 Å². The van der Waals surface area contributed by atoms with E-state index in [0.717, 1.165) is 0 Å². The molecule has 1 fully saturated rings.